The van der Waals surface area contributed by atoms with Crippen LogP contribution in [0.25, 0.3) is 0 Å². The molecule has 2 aromatic heterocycles. The van der Waals surface area contributed by atoms with Gasteiger partial charge in [-0.15, -0.1) is 5.10 Å². The summed E-state index contributed by atoms with van der Waals surface area (Å²) in [5.74, 6) is 0. The van der Waals surface area contributed by atoms with Crippen LogP contribution in [0.3, 0.4) is 0 Å². The summed E-state index contributed by atoms with van der Waals surface area (Å²) >= 11 is 12.9. The quantitative estimate of drug-likeness (QED) is 0.694. The molecule has 0 saturated heterocycles. The molecule has 0 atom stereocenters. The van der Waals surface area contributed by atoms with E-state index < -0.39 is 0 Å². The van der Waals surface area contributed by atoms with Crippen molar-refractivity contribution >= 4 is 35.0 Å². The van der Waals surface area contributed by atoms with Crippen LogP contribution < -0.4 is 5.69 Å². The second-order valence-electron chi connectivity index (χ2n) is 3.81. The normalized spacial score (nSPS) is 15.0. The number of hydrogen-bond acceptors (Lipinski definition) is 5. The molecule has 1 fully saturated rings. The van der Waals surface area contributed by atoms with Crippen LogP contribution in [0.1, 0.15) is 18.9 Å². The van der Waals surface area contributed by atoms with Crippen molar-refractivity contribution in [3.63, 3.8) is 0 Å². The van der Waals surface area contributed by atoms with Crippen molar-refractivity contribution in [2.45, 2.75) is 29.1 Å². The second-order valence-corrected chi connectivity index (χ2v) is 5.51. The molecule has 9 heteroatoms. The highest BCUT2D eigenvalue weighted by Gasteiger charge is 2.29. The smallest absolute Gasteiger partial charge is 0.267 e. The standard InChI is InChI=1S/C9H7Cl2N5OS/c10-5-3-12-7(11)13-6(5)18-9-15-14-8(17)16(9)4-1-2-4/h3-4H,1-2H2,(H,14,17). The minimum absolute atomic E-state index is 0.109. The molecule has 1 aliphatic carbocycles. The van der Waals surface area contributed by atoms with E-state index in [0.717, 1.165) is 12.8 Å². The molecule has 0 bridgehead atoms. The molecule has 1 saturated carbocycles. The number of aromatic nitrogens is 5. The third-order valence-electron chi connectivity index (χ3n) is 2.45. The third-order valence-corrected chi connectivity index (χ3v) is 4.00. The van der Waals surface area contributed by atoms with E-state index in [9.17, 15) is 4.79 Å². The Morgan fingerprint density at radius 2 is 2.22 bits per heavy atom. The molecule has 18 heavy (non-hydrogen) atoms. The van der Waals surface area contributed by atoms with Crippen LogP contribution in [0, 0.1) is 0 Å². The van der Waals surface area contributed by atoms with Crippen LogP contribution in [0.15, 0.2) is 21.2 Å². The summed E-state index contributed by atoms with van der Waals surface area (Å²) in [7, 11) is 0. The summed E-state index contributed by atoms with van der Waals surface area (Å²) < 4.78 is 1.62. The van der Waals surface area contributed by atoms with Gasteiger partial charge in [-0.05, 0) is 36.2 Å². The fourth-order valence-electron chi connectivity index (χ4n) is 1.51. The van der Waals surface area contributed by atoms with E-state index in [1.54, 1.807) is 4.57 Å². The lowest BCUT2D eigenvalue weighted by molar-refractivity contribution is 0.642. The summed E-state index contributed by atoms with van der Waals surface area (Å²) in [5, 5.41) is 7.91. The number of rotatable bonds is 3. The monoisotopic (exact) mass is 303 g/mol. The van der Waals surface area contributed by atoms with Gasteiger partial charge in [-0.2, -0.15) is 0 Å². The average molecular weight is 304 g/mol. The molecule has 2 aromatic rings. The van der Waals surface area contributed by atoms with Crippen molar-refractivity contribution in [3.8, 4) is 0 Å². The zero-order valence-electron chi connectivity index (χ0n) is 8.93. The molecule has 0 aliphatic heterocycles. The lowest BCUT2D eigenvalue weighted by Crippen LogP contribution is -2.16. The maximum absolute atomic E-state index is 11.6. The van der Waals surface area contributed by atoms with E-state index >= 15 is 0 Å². The summed E-state index contributed by atoms with van der Waals surface area (Å²) in [4.78, 5) is 19.4. The first kappa shape index (κ1) is 12.0. The van der Waals surface area contributed by atoms with Crippen LogP contribution in [-0.2, 0) is 0 Å². The SMILES string of the molecule is O=c1[nH]nc(Sc2nc(Cl)ncc2Cl)n1C1CC1. The van der Waals surface area contributed by atoms with Crippen molar-refractivity contribution < 1.29 is 0 Å². The molecule has 0 amide bonds. The van der Waals surface area contributed by atoms with Gasteiger partial charge in [0.1, 0.15) is 5.03 Å². The molecule has 0 spiro atoms. The lowest BCUT2D eigenvalue weighted by Gasteiger charge is -2.04. The molecule has 1 aliphatic rings. The fraction of sp³-hybridized carbons (Fsp3) is 0.333. The van der Waals surface area contributed by atoms with Gasteiger partial charge in [-0.3, -0.25) is 4.57 Å². The van der Waals surface area contributed by atoms with Gasteiger partial charge in [0, 0.05) is 6.04 Å². The first-order valence-corrected chi connectivity index (χ1v) is 6.75. The fourth-order valence-corrected chi connectivity index (χ4v) is 2.77. The van der Waals surface area contributed by atoms with E-state index in [0.29, 0.717) is 15.2 Å². The first-order valence-electron chi connectivity index (χ1n) is 5.18. The molecular formula is C9H7Cl2N5OS. The topological polar surface area (TPSA) is 76.5 Å². The number of aromatic amines is 1. The lowest BCUT2D eigenvalue weighted by atomic mass is 10.7. The first-order chi connectivity index (χ1) is 8.65. The highest BCUT2D eigenvalue weighted by molar-refractivity contribution is 7.99. The Hall–Kier alpha value is -1.05. The van der Waals surface area contributed by atoms with E-state index in [1.165, 1.54) is 18.0 Å². The predicted octanol–water partition coefficient (Wildman–Crippen LogP) is 2.15. The van der Waals surface area contributed by atoms with E-state index in [-0.39, 0.29) is 17.0 Å². The number of nitrogens with zero attached hydrogens (tertiary/aromatic N) is 4. The highest BCUT2D eigenvalue weighted by Crippen LogP contribution is 2.38. The van der Waals surface area contributed by atoms with Gasteiger partial charge in [0.2, 0.25) is 5.28 Å². The molecule has 0 aromatic carbocycles. The van der Waals surface area contributed by atoms with Crippen molar-refractivity contribution in [1.82, 2.24) is 24.7 Å². The van der Waals surface area contributed by atoms with E-state index in [2.05, 4.69) is 20.2 Å². The molecule has 6 nitrogen and oxygen atoms in total. The summed E-state index contributed by atoms with van der Waals surface area (Å²) in [6.07, 6.45) is 3.40. The maximum atomic E-state index is 11.6. The van der Waals surface area contributed by atoms with Gasteiger partial charge in [-0.25, -0.2) is 19.9 Å². The van der Waals surface area contributed by atoms with Gasteiger partial charge in [0.15, 0.2) is 5.16 Å². The van der Waals surface area contributed by atoms with E-state index in [4.69, 9.17) is 23.2 Å². The zero-order chi connectivity index (χ0) is 12.7. The average Bonchev–Trinajstić information content (AvgIpc) is 3.10. The van der Waals surface area contributed by atoms with Crippen LogP contribution in [-0.4, -0.2) is 24.7 Å². The third kappa shape index (κ3) is 2.25. The Morgan fingerprint density at radius 1 is 1.44 bits per heavy atom. The summed E-state index contributed by atoms with van der Waals surface area (Å²) in [6, 6.07) is 0.231. The minimum atomic E-state index is -0.212. The van der Waals surface area contributed by atoms with Crippen molar-refractivity contribution in [1.29, 1.82) is 0 Å². The number of halogens is 2. The largest absolute Gasteiger partial charge is 0.344 e. The molecule has 0 radical (unpaired) electrons. The van der Waals surface area contributed by atoms with Crippen molar-refractivity contribution in [2.75, 3.05) is 0 Å². The number of H-pyrrole nitrogens is 1. The number of nitrogens with one attached hydrogen (secondary N) is 1. The Kier molecular flexibility index (Phi) is 3.04. The van der Waals surface area contributed by atoms with Gasteiger partial charge >= 0.3 is 5.69 Å². The van der Waals surface area contributed by atoms with Crippen LogP contribution >= 0.6 is 35.0 Å². The zero-order valence-corrected chi connectivity index (χ0v) is 11.3. The molecule has 1 N–H and O–H groups in total. The summed E-state index contributed by atoms with van der Waals surface area (Å²) in [6.45, 7) is 0. The highest BCUT2D eigenvalue weighted by atomic mass is 35.5. The Bertz CT molecular complexity index is 651. The molecule has 94 valence electrons. The predicted molar refractivity (Wildman–Crippen MR) is 67.3 cm³/mol. The van der Waals surface area contributed by atoms with Crippen LogP contribution in [0.4, 0.5) is 0 Å². The van der Waals surface area contributed by atoms with E-state index in [1.807, 2.05) is 0 Å². The van der Waals surface area contributed by atoms with Gasteiger partial charge in [-0.1, -0.05) is 11.6 Å². The Labute approximate surface area is 116 Å². The molecule has 2 heterocycles. The Morgan fingerprint density at radius 3 is 2.94 bits per heavy atom. The molecular weight excluding hydrogens is 297 g/mol. The maximum Gasteiger partial charge on any atom is 0.344 e. The van der Waals surface area contributed by atoms with Gasteiger partial charge in [0.25, 0.3) is 0 Å². The Balaban J connectivity index is 1.97. The minimum Gasteiger partial charge on any atom is -0.267 e. The van der Waals surface area contributed by atoms with Crippen molar-refractivity contribution in [3.05, 3.63) is 27.0 Å². The van der Waals surface area contributed by atoms with Crippen LogP contribution in [0.2, 0.25) is 10.3 Å². The van der Waals surface area contributed by atoms with Crippen LogP contribution in [0.5, 0.6) is 0 Å². The summed E-state index contributed by atoms with van der Waals surface area (Å²) in [5.41, 5.74) is -0.212. The number of hydrogen-bond donors (Lipinski definition) is 1. The second kappa shape index (κ2) is 4.56. The molecule has 3 rings (SSSR count). The van der Waals surface area contributed by atoms with Crippen molar-refractivity contribution in [2.24, 2.45) is 0 Å². The molecule has 0 unspecified atom stereocenters. The van der Waals surface area contributed by atoms with Gasteiger partial charge in [0.05, 0.1) is 11.2 Å². The van der Waals surface area contributed by atoms with Gasteiger partial charge < -0.3 is 0 Å².